The van der Waals surface area contributed by atoms with Crippen molar-refractivity contribution in [1.29, 1.82) is 0 Å². The van der Waals surface area contributed by atoms with Gasteiger partial charge in [-0.05, 0) is 62.1 Å². The first-order chi connectivity index (χ1) is 11.6. The van der Waals surface area contributed by atoms with Gasteiger partial charge in [0.05, 0.1) is 0 Å². The number of aryl methyl sites for hydroxylation is 1. The third-order valence-corrected chi connectivity index (χ3v) is 5.16. The first kappa shape index (κ1) is 18.5. The Bertz CT molecular complexity index is 636. The van der Waals surface area contributed by atoms with Gasteiger partial charge in [0, 0.05) is 23.2 Å². The zero-order valence-corrected chi connectivity index (χ0v) is 15.7. The molecule has 0 bridgehead atoms. The molecular weight excluding hydrogens is 316 g/mol. The zero-order chi connectivity index (χ0) is 17.4. The maximum atomic E-state index is 11.8. The predicted molar refractivity (Wildman–Crippen MR) is 106 cm³/mol. The Morgan fingerprint density at radius 2 is 1.50 bits per heavy atom. The van der Waals surface area contributed by atoms with Crippen LogP contribution in [0.4, 0.5) is 11.4 Å². The van der Waals surface area contributed by atoms with Crippen molar-refractivity contribution in [2.75, 3.05) is 10.0 Å². The molecule has 0 spiro atoms. The van der Waals surface area contributed by atoms with Crippen LogP contribution in [0.5, 0.6) is 0 Å². The van der Waals surface area contributed by atoms with Gasteiger partial charge in [-0.25, -0.2) is 4.21 Å². The average Bonchev–Trinajstić information content (AvgIpc) is 2.60. The lowest BCUT2D eigenvalue weighted by atomic mass is 10.1. The molecule has 0 aliphatic carbocycles. The second-order valence-corrected chi connectivity index (χ2v) is 8.04. The first-order valence-electron chi connectivity index (χ1n) is 8.67. The third kappa shape index (κ3) is 6.00. The van der Waals surface area contributed by atoms with Gasteiger partial charge in [0.2, 0.25) is 0 Å². The highest BCUT2D eigenvalue weighted by Crippen LogP contribution is 2.15. The minimum absolute atomic E-state index is 0.103. The van der Waals surface area contributed by atoms with E-state index in [4.69, 9.17) is 0 Å². The van der Waals surface area contributed by atoms with Crippen molar-refractivity contribution in [2.45, 2.75) is 51.8 Å². The van der Waals surface area contributed by atoms with Crippen LogP contribution in [0.1, 0.15) is 44.7 Å². The number of hydrogen-bond acceptors (Lipinski definition) is 2. The molecule has 2 rings (SSSR count). The Morgan fingerprint density at radius 1 is 0.917 bits per heavy atom. The highest BCUT2D eigenvalue weighted by molar-refractivity contribution is 7.86. The lowest BCUT2D eigenvalue weighted by Gasteiger charge is -2.10. The van der Waals surface area contributed by atoms with E-state index in [-0.39, 0.29) is 5.25 Å². The highest BCUT2D eigenvalue weighted by Gasteiger charge is 2.04. The van der Waals surface area contributed by atoms with Crippen LogP contribution in [-0.2, 0) is 24.0 Å². The van der Waals surface area contributed by atoms with Gasteiger partial charge in [0.1, 0.15) is 11.0 Å². The van der Waals surface area contributed by atoms with E-state index in [1.807, 2.05) is 26.0 Å². The van der Waals surface area contributed by atoms with E-state index in [0.717, 1.165) is 24.3 Å². The van der Waals surface area contributed by atoms with E-state index in [9.17, 15) is 4.21 Å². The standard InChI is InChI=1S/C20H28N2OS/c1-4-5-6-17-7-11-19(12-8-17)21-15-18-9-13-20(14-10-18)22-24(23)16(2)3/h7-14,16,21-22H,4-6,15H2,1-3H3. The summed E-state index contributed by atoms with van der Waals surface area (Å²) >= 11 is 0. The predicted octanol–water partition coefficient (Wildman–Crippen LogP) is 5.13. The molecule has 2 N–H and O–H groups in total. The summed E-state index contributed by atoms with van der Waals surface area (Å²) in [6.45, 7) is 6.88. The number of hydrogen-bond donors (Lipinski definition) is 2. The van der Waals surface area contributed by atoms with E-state index < -0.39 is 11.0 Å². The fourth-order valence-corrected chi connectivity index (χ4v) is 2.90. The number of benzene rings is 2. The van der Waals surface area contributed by atoms with Crippen LogP contribution in [0.2, 0.25) is 0 Å². The molecular formula is C20H28N2OS. The monoisotopic (exact) mass is 344 g/mol. The SMILES string of the molecule is CCCCc1ccc(NCc2ccc(NS(=O)C(C)C)cc2)cc1. The van der Waals surface area contributed by atoms with Crippen LogP contribution >= 0.6 is 0 Å². The molecule has 24 heavy (non-hydrogen) atoms. The van der Waals surface area contributed by atoms with E-state index in [1.54, 1.807) is 0 Å². The molecule has 0 heterocycles. The smallest absolute Gasteiger partial charge is 0.119 e. The van der Waals surface area contributed by atoms with Crippen LogP contribution < -0.4 is 10.0 Å². The van der Waals surface area contributed by atoms with Crippen LogP contribution in [0.3, 0.4) is 0 Å². The Morgan fingerprint density at radius 3 is 2.08 bits per heavy atom. The van der Waals surface area contributed by atoms with Crippen molar-refractivity contribution in [3.63, 3.8) is 0 Å². The minimum atomic E-state index is -1.03. The summed E-state index contributed by atoms with van der Waals surface area (Å²) in [6.07, 6.45) is 3.63. The van der Waals surface area contributed by atoms with Crippen LogP contribution in [0.15, 0.2) is 48.5 Å². The van der Waals surface area contributed by atoms with Crippen molar-refractivity contribution in [2.24, 2.45) is 0 Å². The second kappa shape index (κ2) is 9.48. The average molecular weight is 345 g/mol. The number of nitrogens with one attached hydrogen (secondary N) is 2. The van der Waals surface area contributed by atoms with Gasteiger partial charge < -0.3 is 10.0 Å². The lowest BCUT2D eigenvalue weighted by Crippen LogP contribution is -2.14. The number of unbranched alkanes of at least 4 members (excludes halogenated alkanes) is 1. The fraction of sp³-hybridized carbons (Fsp3) is 0.400. The Hall–Kier alpha value is -1.81. The van der Waals surface area contributed by atoms with E-state index >= 15 is 0 Å². The minimum Gasteiger partial charge on any atom is -0.381 e. The van der Waals surface area contributed by atoms with Crippen molar-refractivity contribution in [3.05, 3.63) is 59.7 Å². The summed E-state index contributed by atoms with van der Waals surface area (Å²) in [5, 5.41) is 3.55. The topological polar surface area (TPSA) is 41.1 Å². The molecule has 4 heteroatoms. The van der Waals surface area contributed by atoms with Crippen molar-refractivity contribution in [3.8, 4) is 0 Å². The number of anilines is 2. The van der Waals surface area contributed by atoms with Gasteiger partial charge in [-0.15, -0.1) is 0 Å². The summed E-state index contributed by atoms with van der Waals surface area (Å²) in [7, 11) is -1.03. The molecule has 2 aromatic carbocycles. The molecule has 0 aliphatic heterocycles. The molecule has 130 valence electrons. The van der Waals surface area contributed by atoms with Crippen LogP contribution in [0, 0.1) is 0 Å². The Balaban J connectivity index is 1.84. The maximum absolute atomic E-state index is 11.8. The van der Waals surface area contributed by atoms with Gasteiger partial charge in [-0.1, -0.05) is 37.6 Å². The summed E-state index contributed by atoms with van der Waals surface area (Å²) in [6, 6.07) is 16.8. The molecule has 0 aliphatic rings. The third-order valence-electron chi connectivity index (χ3n) is 3.87. The summed E-state index contributed by atoms with van der Waals surface area (Å²) in [5.74, 6) is 0. The zero-order valence-electron chi connectivity index (χ0n) is 14.8. The molecule has 0 saturated heterocycles. The van der Waals surface area contributed by atoms with E-state index in [1.165, 1.54) is 24.0 Å². The fourth-order valence-electron chi connectivity index (χ4n) is 2.30. The van der Waals surface area contributed by atoms with Crippen molar-refractivity contribution < 1.29 is 4.21 Å². The quantitative estimate of drug-likeness (QED) is 0.662. The highest BCUT2D eigenvalue weighted by atomic mass is 32.2. The molecule has 0 saturated carbocycles. The molecule has 0 aromatic heterocycles. The van der Waals surface area contributed by atoms with Gasteiger partial charge in [-0.2, -0.15) is 0 Å². The second-order valence-electron chi connectivity index (χ2n) is 6.30. The summed E-state index contributed by atoms with van der Waals surface area (Å²) < 4.78 is 14.8. The van der Waals surface area contributed by atoms with Crippen molar-refractivity contribution in [1.82, 2.24) is 0 Å². The van der Waals surface area contributed by atoms with Crippen LogP contribution in [0.25, 0.3) is 0 Å². The Labute approximate surface area is 148 Å². The van der Waals surface area contributed by atoms with Gasteiger partial charge >= 0.3 is 0 Å². The summed E-state index contributed by atoms with van der Waals surface area (Å²) in [4.78, 5) is 0. The molecule has 1 unspecified atom stereocenters. The molecule has 0 amide bonds. The largest absolute Gasteiger partial charge is 0.381 e. The molecule has 3 nitrogen and oxygen atoms in total. The van der Waals surface area contributed by atoms with E-state index in [0.29, 0.717) is 0 Å². The van der Waals surface area contributed by atoms with Crippen LogP contribution in [-0.4, -0.2) is 9.46 Å². The Kier molecular flexibility index (Phi) is 7.32. The number of rotatable bonds is 9. The van der Waals surface area contributed by atoms with Gasteiger partial charge in [0.25, 0.3) is 0 Å². The normalized spacial score (nSPS) is 12.2. The van der Waals surface area contributed by atoms with Crippen molar-refractivity contribution >= 4 is 22.4 Å². The lowest BCUT2D eigenvalue weighted by molar-refractivity contribution is 0.680. The van der Waals surface area contributed by atoms with E-state index in [2.05, 4.69) is 53.4 Å². The molecule has 0 fully saturated rings. The first-order valence-corrected chi connectivity index (χ1v) is 9.88. The van der Waals surface area contributed by atoms with Gasteiger partial charge in [0.15, 0.2) is 0 Å². The van der Waals surface area contributed by atoms with Gasteiger partial charge in [-0.3, -0.25) is 0 Å². The molecule has 2 aromatic rings. The summed E-state index contributed by atoms with van der Waals surface area (Å²) in [5.41, 5.74) is 4.63. The molecule has 1 atom stereocenters. The molecule has 0 radical (unpaired) electrons. The maximum Gasteiger partial charge on any atom is 0.119 e.